The number of rotatable bonds is 3. The first-order valence-corrected chi connectivity index (χ1v) is 9.85. The fourth-order valence-corrected chi connectivity index (χ4v) is 4.10. The molecule has 0 radical (unpaired) electrons. The highest BCUT2D eigenvalue weighted by Crippen LogP contribution is 2.42. The standard InChI is InChI=1S/C22H20N6O/c29-18-12-11-15(13-23-18)19-16-9-5-2-6-10-17(16)24-21(14-7-3-1-4-8-14)20(19)22-25-27-28-26-22/h1,3-4,7-8,11-13H,2,5-6,9-10H2,(H,23,29)(H,25,26,27,28). The minimum absolute atomic E-state index is 0.125. The van der Waals surface area contributed by atoms with Crippen molar-refractivity contribution in [2.75, 3.05) is 0 Å². The highest BCUT2D eigenvalue weighted by molar-refractivity contribution is 5.92. The second-order valence-corrected chi connectivity index (χ2v) is 7.25. The quantitative estimate of drug-likeness (QED) is 0.526. The minimum Gasteiger partial charge on any atom is -0.328 e. The van der Waals surface area contributed by atoms with Crippen LogP contribution >= 0.6 is 0 Å². The van der Waals surface area contributed by atoms with Gasteiger partial charge in [-0.25, -0.2) is 5.10 Å². The number of aryl methyl sites for hydroxylation is 1. The van der Waals surface area contributed by atoms with Crippen LogP contribution in [0.15, 0.2) is 53.5 Å². The van der Waals surface area contributed by atoms with E-state index in [4.69, 9.17) is 4.98 Å². The molecule has 0 bridgehead atoms. The smallest absolute Gasteiger partial charge is 0.247 e. The fraction of sp³-hybridized carbons (Fsp3) is 0.227. The minimum atomic E-state index is -0.125. The first kappa shape index (κ1) is 17.5. The number of nitrogens with zero attached hydrogens (tertiary/aromatic N) is 4. The highest BCUT2D eigenvalue weighted by atomic mass is 16.1. The van der Waals surface area contributed by atoms with Gasteiger partial charge in [0.1, 0.15) is 0 Å². The van der Waals surface area contributed by atoms with Gasteiger partial charge in [0.15, 0.2) is 5.82 Å². The summed E-state index contributed by atoms with van der Waals surface area (Å²) in [6.45, 7) is 0. The lowest BCUT2D eigenvalue weighted by Gasteiger charge is -2.19. The van der Waals surface area contributed by atoms with Gasteiger partial charge in [-0.05, 0) is 53.3 Å². The molecule has 0 saturated heterocycles. The molecule has 1 aromatic carbocycles. The van der Waals surface area contributed by atoms with Gasteiger partial charge in [0, 0.05) is 29.1 Å². The molecule has 1 aliphatic carbocycles. The number of hydrogen-bond acceptors (Lipinski definition) is 5. The molecule has 1 aliphatic rings. The van der Waals surface area contributed by atoms with Gasteiger partial charge >= 0.3 is 0 Å². The summed E-state index contributed by atoms with van der Waals surface area (Å²) >= 11 is 0. The summed E-state index contributed by atoms with van der Waals surface area (Å²) < 4.78 is 0. The van der Waals surface area contributed by atoms with Gasteiger partial charge < -0.3 is 4.98 Å². The lowest BCUT2D eigenvalue weighted by atomic mass is 9.89. The van der Waals surface area contributed by atoms with Crippen LogP contribution in [0.1, 0.15) is 30.5 Å². The maximum atomic E-state index is 11.7. The van der Waals surface area contributed by atoms with Crippen molar-refractivity contribution in [3.8, 4) is 33.8 Å². The molecule has 0 spiro atoms. The molecule has 144 valence electrons. The van der Waals surface area contributed by atoms with Crippen molar-refractivity contribution < 1.29 is 0 Å². The average Bonchev–Trinajstić information content (AvgIpc) is 3.19. The second kappa shape index (κ2) is 7.43. The molecular weight excluding hydrogens is 364 g/mol. The molecule has 7 heteroatoms. The third-order valence-electron chi connectivity index (χ3n) is 5.43. The number of aromatic amines is 2. The summed E-state index contributed by atoms with van der Waals surface area (Å²) in [6, 6.07) is 13.5. The van der Waals surface area contributed by atoms with E-state index in [-0.39, 0.29) is 5.56 Å². The number of H-pyrrole nitrogens is 2. The Hall–Kier alpha value is -3.61. The van der Waals surface area contributed by atoms with E-state index in [0.29, 0.717) is 5.82 Å². The molecule has 5 rings (SSSR count). The largest absolute Gasteiger partial charge is 0.328 e. The maximum Gasteiger partial charge on any atom is 0.247 e. The summed E-state index contributed by atoms with van der Waals surface area (Å²) in [6.07, 6.45) is 7.08. The van der Waals surface area contributed by atoms with Gasteiger partial charge in [0.05, 0.1) is 11.3 Å². The number of pyridine rings is 2. The monoisotopic (exact) mass is 384 g/mol. The van der Waals surface area contributed by atoms with E-state index in [1.54, 1.807) is 12.3 Å². The predicted molar refractivity (Wildman–Crippen MR) is 110 cm³/mol. The van der Waals surface area contributed by atoms with Gasteiger partial charge in [-0.2, -0.15) is 0 Å². The van der Waals surface area contributed by atoms with E-state index in [1.165, 1.54) is 12.0 Å². The highest BCUT2D eigenvalue weighted by Gasteiger charge is 2.25. The van der Waals surface area contributed by atoms with Gasteiger partial charge in [0.2, 0.25) is 5.56 Å². The summed E-state index contributed by atoms with van der Waals surface area (Å²) in [4.78, 5) is 19.6. The number of tetrazole rings is 1. The Morgan fingerprint density at radius 1 is 0.862 bits per heavy atom. The Morgan fingerprint density at radius 3 is 2.48 bits per heavy atom. The summed E-state index contributed by atoms with van der Waals surface area (Å²) in [5.41, 5.74) is 6.94. The Kier molecular flexibility index (Phi) is 4.48. The van der Waals surface area contributed by atoms with Crippen molar-refractivity contribution in [1.29, 1.82) is 0 Å². The SMILES string of the molecule is O=c1ccc(-c2c3c(nc(-c4ccccc4)c2-c2nnn[nH]2)CCCCC3)c[nH]1. The van der Waals surface area contributed by atoms with Crippen molar-refractivity contribution in [1.82, 2.24) is 30.6 Å². The van der Waals surface area contributed by atoms with Gasteiger partial charge in [-0.3, -0.25) is 9.78 Å². The average molecular weight is 384 g/mol. The summed E-state index contributed by atoms with van der Waals surface area (Å²) in [5.74, 6) is 0.574. The molecular formula is C22H20N6O. The van der Waals surface area contributed by atoms with E-state index >= 15 is 0 Å². The zero-order chi connectivity index (χ0) is 19.6. The Morgan fingerprint density at radius 2 is 1.72 bits per heavy atom. The zero-order valence-electron chi connectivity index (χ0n) is 15.9. The first-order valence-electron chi connectivity index (χ1n) is 9.85. The number of nitrogens with one attached hydrogen (secondary N) is 2. The third-order valence-corrected chi connectivity index (χ3v) is 5.43. The van der Waals surface area contributed by atoms with Crippen LogP contribution in [0.3, 0.4) is 0 Å². The summed E-state index contributed by atoms with van der Waals surface area (Å²) in [5, 5.41) is 14.8. The van der Waals surface area contributed by atoms with E-state index < -0.39 is 0 Å². The molecule has 0 aliphatic heterocycles. The first-order chi connectivity index (χ1) is 14.3. The van der Waals surface area contributed by atoms with Crippen molar-refractivity contribution in [3.63, 3.8) is 0 Å². The van der Waals surface area contributed by atoms with Crippen molar-refractivity contribution in [2.24, 2.45) is 0 Å². The van der Waals surface area contributed by atoms with Gasteiger partial charge in [-0.15, -0.1) is 5.10 Å². The van der Waals surface area contributed by atoms with Crippen LogP contribution in [-0.2, 0) is 12.8 Å². The van der Waals surface area contributed by atoms with Crippen LogP contribution in [0.25, 0.3) is 33.8 Å². The molecule has 0 atom stereocenters. The maximum absolute atomic E-state index is 11.7. The Labute approximate surface area is 167 Å². The zero-order valence-corrected chi connectivity index (χ0v) is 15.9. The lowest BCUT2D eigenvalue weighted by molar-refractivity contribution is 0.709. The van der Waals surface area contributed by atoms with Gasteiger partial charge in [-0.1, -0.05) is 36.8 Å². The van der Waals surface area contributed by atoms with Crippen LogP contribution in [0.5, 0.6) is 0 Å². The molecule has 0 fully saturated rings. The van der Waals surface area contributed by atoms with Crippen molar-refractivity contribution in [2.45, 2.75) is 32.1 Å². The fourth-order valence-electron chi connectivity index (χ4n) is 4.10. The van der Waals surface area contributed by atoms with Crippen LogP contribution in [0.2, 0.25) is 0 Å². The number of aromatic nitrogens is 6. The topological polar surface area (TPSA) is 100 Å². The van der Waals surface area contributed by atoms with E-state index in [1.807, 2.05) is 24.3 Å². The van der Waals surface area contributed by atoms with E-state index in [9.17, 15) is 4.79 Å². The Balaban J connectivity index is 1.89. The molecule has 0 unspecified atom stereocenters. The van der Waals surface area contributed by atoms with Crippen LogP contribution in [0.4, 0.5) is 0 Å². The normalized spacial score (nSPS) is 13.7. The summed E-state index contributed by atoms with van der Waals surface area (Å²) in [7, 11) is 0. The van der Waals surface area contributed by atoms with Crippen LogP contribution < -0.4 is 5.56 Å². The van der Waals surface area contributed by atoms with Crippen LogP contribution in [0, 0.1) is 0 Å². The molecule has 2 N–H and O–H groups in total. The van der Waals surface area contributed by atoms with Crippen molar-refractivity contribution in [3.05, 3.63) is 70.3 Å². The van der Waals surface area contributed by atoms with E-state index in [2.05, 4.69) is 37.7 Å². The molecule has 7 nitrogen and oxygen atoms in total. The molecule has 0 amide bonds. The number of hydrogen-bond donors (Lipinski definition) is 2. The number of benzene rings is 1. The van der Waals surface area contributed by atoms with Gasteiger partial charge in [0.25, 0.3) is 0 Å². The molecule has 0 saturated carbocycles. The number of fused-ring (bicyclic) bond motifs is 1. The molecule has 3 heterocycles. The van der Waals surface area contributed by atoms with E-state index in [0.717, 1.165) is 59.3 Å². The molecule has 29 heavy (non-hydrogen) atoms. The Bertz CT molecular complexity index is 1180. The molecule has 4 aromatic rings. The lowest BCUT2D eigenvalue weighted by Crippen LogP contribution is -2.07. The predicted octanol–water partition coefficient (Wildman–Crippen LogP) is 3.55. The third kappa shape index (κ3) is 3.24. The van der Waals surface area contributed by atoms with Crippen LogP contribution in [-0.4, -0.2) is 30.6 Å². The second-order valence-electron chi connectivity index (χ2n) is 7.25. The molecule has 3 aromatic heterocycles. The van der Waals surface area contributed by atoms with Crippen molar-refractivity contribution >= 4 is 0 Å².